The fourth-order valence-corrected chi connectivity index (χ4v) is 1.05. The lowest BCUT2D eigenvalue weighted by Gasteiger charge is -2.06. The summed E-state index contributed by atoms with van der Waals surface area (Å²) < 4.78 is 15.6. The molecule has 0 spiro atoms. The van der Waals surface area contributed by atoms with Crippen molar-refractivity contribution >= 4 is 0 Å². The van der Waals surface area contributed by atoms with Gasteiger partial charge in [-0.3, -0.25) is 0 Å². The maximum Gasteiger partial charge on any atom is 0.104 e. The maximum absolute atomic E-state index is 5.48. The van der Waals surface area contributed by atoms with E-state index in [2.05, 4.69) is 0 Å². The minimum absolute atomic E-state index is 0.337. The average Bonchev–Trinajstić information content (AvgIpc) is 2.63. The van der Waals surface area contributed by atoms with Gasteiger partial charge in [-0.1, -0.05) is 0 Å². The second-order valence-corrected chi connectivity index (χ2v) is 2.77. The van der Waals surface area contributed by atoms with E-state index in [4.69, 9.17) is 14.2 Å². The van der Waals surface area contributed by atoms with Gasteiger partial charge >= 0.3 is 0 Å². The Hall–Kier alpha value is -0.120. The van der Waals surface area contributed by atoms with Gasteiger partial charge in [-0.2, -0.15) is 0 Å². The lowest BCUT2D eigenvalue weighted by molar-refractivity contribution is 0.0340. The summed E-state index contributed by atoms with van der Waals surface area (Å²) in [4.78, 5) is 0. The number of epoxide rings is 1. The highest BCUT2D eigenvalue weighted by molar-refractivity contribution is 4.70. The molecule has 2 saturated heterocycles. The first-order valence-electron chi connectivity index (χ1n) is 3.76. The highest BCUT2D eigenvalue weighted by atomic mass is 16.6. The van der Waals surface area contributed by atoms with Crippen LogP contribution in [-0.2, 0) is 14.2 Å². The Morgan fingerprint density at radius 3 is 2.90 bits per heavy atom. The van der Waals surface area contributed by atoms with E-state index in [9.17, 15) is 0 Å². The van der Waals surface area contributed by atoms with Crippen LogP contribution in [0.5, 0.6) is 0 Å². The Morgan fingerprint density at radius 1 is 1.40 bits per heavy atom. The normalized spacial score (nSPS) is 38.4. The van der Waals surface area contributed by atoms with Crippen LogP contribution in [0, 0.1) is 0 Å². The summed E-state index contributed by atoms with van der Waals surface area (Å²) in [6, 6.07) is 0. The molecule has 2 rings (SSSR count). The summed E-state index contributed by atoms with van der Waals surface area (Å²) in [6.07, 6.45) is 1.77. The predicted octanol–water partition coefficient (Wildman–Crippen LogP) is 0.191. The van der Waals surface area contributed by atoms with Crippen LogP contribution < -0.4 is 0 Å². The van der Waals surface area contributed by atoms with Crippen molar-refractivity contribution in [3.63, 3.8) is 0 Å². The highest BCUT2D eigenvalue weighted by Gasteiger charge is 2.25. The molecule has 0 aromatic rings. The van der Waals surface area contributed by atoms with Crippen LogP contribution in [0.25, 0.3) is 0 Å². The molecule has 0 saturated carbocycles. The van der Waals surface area contributed by atoms with Crippen LogP contribution in [0.3, 0.4) is 0 Å². The lowest BCUT2D eigenvalue weighted by atomic mass is 10.3. The van der Waals surface area contributed by atoms with Crippen molar-refractivity contribution in [1.29, 1.82) is 0 Å². The van der Waals surface area contributed by atoms with Gasteiger partial charge in [-0.05, 0) is 6.42 Å². The quantitative estimate of drug-likeness (QED) is 0.530. The molecule has 1 unspecified atom stereocenters. The Balaban J connectivity index is 1.59. The van der Waals surface area contributed by atoms with E-state index < -0.39 is 0 Å². The third-order valence-corrected chi connectivity index (χ3v) is 1.81. The van der Waals surface area contributed by atoms with E-state index in [0.29, 0.717) is 12.2 Å². The second kappa shape index (κ2) is 2.86. The Morgan fingerprint density at radius 2 is 2.30 bits per heavy atom. The Labute approximate surface area is 60.3 Å². The first kappa shape index (κ1) is 6.58. The van der Waals surface area contributed by atoms with Crippen molar-refractivity contribution in [1.82, 2.24) is 0 Å². The molecule has 2 heterocycles. The van der Waals surface area contributed by atoms with E-state index >= 15 is 0 Å². The van der Waals surface area contributed by atoms with Gasteiger partial charge in [-0.15, -0.1) is 0 Å². The predicted molar refractivity (Wildman–Crippen MR) is 34.9 cm³/mol. The van der Waals surface area contributed by atoms with Crippen molar-refractivity contribution in [2.24, 2.45) is 0 Å². The van der Waals surface area contributed by atoms with Gasteiger partial charge in [0.1, 0.15) is 6.10 Å². The smallest absolute Gasteiger partial charge is 0.104 e. The molecule has 0 aromatic carbocycles. The number of hydrogen-bond donors (Lipinski definition) is 0. The summed E-state index contributed by atoms with van der Waals surface area (Å²) >= 11 is 0. The minimum atomic E-state index is 0.337. The molecule has 2 fully saturated rings. The van der Waals surface area contributed by atoms with Crippen LogP contribution in [0.2, 0.25) is 0 Å². The number of hydrogen-bond acceptors (Lipinski definition) is 3. The SMILES string of the molecule is C1CC(OC[C@H]2CO2)CO1. The monoisotopic (exact) mass is 144 g/mol. The van der Waals surface area contributed by atoms with Gasteiger partial charge in [-0.25, -0.2) is 0 Å². The zero-order valence-electron chi connectivity index (χ0n) is 5.91. The first-order valence-corrected chi connectivity index (χ1v) is 3.76. The van der Waals surface area contributed by atoms with E-state index in [1.807, 2.05) is 0 Å². The van der Waals surface area contributed by atoms with E-state index in [-0.39, 0.29) is 0 Å². The van der Waals surface area contributed by atoms with Crippen LogP contribution in [0.4, 0.5) is 0 Å². The number of rotatable bonds is 3. The molecular weight excluding hydrogens is 132 g/mol. The molecule has 0 aliphatic carbocycles. The van der Waals surface area contributed by atoms with E-state index in [0.717, 1.165) is 32.8 Å². The van der Waals surface area contributed by atoms with Crippen molar-refractivity contribution in [2.45, 2.75) is 18.6 Å². The summed E-state index contributed by atoms with van der Waals surface area (Å²) in [5.74, 6) is 0. The van der Waals surface area contributed by atoms with Crippen molar-refractivity contribution < 1.29 is 14.2 Å². The van der Waals surface area contributed by atoms with Gasteiger partial charge in [0, 0.05) is 6.61 Å². The third kappa shape index (κ3) is 1.68. The molecule has 2 atom stereocenters. The summed E-state index contributed by atoms with van der Waals surface area (Å²) in [7, 11) is 0. The van der Waals surface area contributed by atoms with Crippen molar-refractivity contribution in [3.8, 4) is 0 Å². The van der Waals surface area contributed by atoms with Crippen LogP contribution in [0.1, 0.15) is 6.42 Å². The minimum Gasteiger partial charge on any atom is -0.379 e. The van der Waals surface area contributed by atoms with Crippen LogP contribution in [-0.4, -0.2) is 38.6 Å². The zero-order chi connectivity index (χ0) is 6.81. The molecule has 2 aliphatic heterocycles. The van der Waals surface area contributed by atoms with Crippen molar-refractivity contribution in [3.05, 3.63) is 0 Å². The van der Waals surface area contributed by atoms with Gasteiger partial charge in [0.2, 0.25) is 0 Å². The average molecular weight is 144 g/mol. The molecule has 0 radical (unpaired) electrons. The standard InChI is InChI=1S/C7H12O3/c1-2-8-3-6(1)9-4-7-5-10-7/h6-7H,1-5H2/t6?,7-/m0/s1. The van der Waals surface area contributed by atoms with Gasteiger partial charge in [0.25, 0.3) is 0 Å². The fraction of sp³-hybridized carbons (Fsp3) is 1.00. The molecule has 0 aromatic heterocycles. The molecule has 3 heteroatoms. The fourth-order valence-electron chi connectivity index (χ4n) is 1.05. The van der Waals surface area contributed by atoms with Crippen LogP contribution in [0.15, 0.2) is 0 Å². The topological polar surface area (TPSA) is 31.0 Å². The molecule has 0 N–H and O–H groups in total. The van der Waals surface area contributed by atoms with Gasteiger partial charge in [0.05, 0.1) is 25.9 Å². The number of ether oxygens (including phenoxy) is 3. The molecular formula is C7H12O3. The molecule has 0 bridgehead atoms. The highest BCUT2D eigenvalue weighted by Crippen LogP contribution is 2.13. The van der Waals surface area contributed by atoms with Gasteiger partial charge in [0.15, 0.2) is 0 Å². The van der Waals surface area contributed by atoms with Crippen molar-refractivity contribution in [2.75, 3.05) is 26.4 Å². The second-order valence-electron chi connectivity index (χ2n) is 2.77. The molecule has 10 heavy (non-hydrogen) atoms. The largest absolute Gasteiger partial charge is 0.379 e. The van der Waals surface area contributed by atoms with Gasteiger partial charge < -0.3 is 14.2 Å². The lowest BCUT2D eigenvalue weighted by Crippen LogP contribution is -2.15. The molecule has 0 amide bonds. The Bertz CT molecular complexity index is 105. The molecule has 2 aliphatic rings. The summed E-state index contributed by atoms with van der Waals surface area (Å²) in [6.45, 7) is 3.27. The molecule has 3 nitrogen and oxygen atoms in total. The Kier molecular flexibility index (Phi) is 1.88. The van der Waals surface area contributed by atoms with Crippen LogP contribution >= 0.6 is 0 Å². The van der Waals surface area contributed by atoms with E-state index in [1.54, 1.807) is 0 Å². The van der Waals surface area contributed by atoms with E-state index in [1.165, 1.54) is 0 Å². The summed E-state index contributed by atoms with van der Waals surface area (Å²) in [5.41, 5.74) is 0. The first-order chi connectivity index (χ1) is 4.95. The third-order valence-electron chi connectivity index (χ3n) is 1.81. The zero-order valence-corrected chi connectivity index (χ0v) is 5.91. The molecule has 58 valence electrons. The maximum atomic E-state index is 5.48. The summed E-state index contributed by atoms with van der Waals surface area (Å²) in [5, 5.41) is 0.